The Morgan fingerprint density at radius 2 is 1.80 bits per heavy atom. The molecule has 0 saturated carbocycles. The van der Waals surface area contributed by atoms with Crippen molar-refractivity contribution in [1.29, 1.82) is 0 Å². The van der Waals surface area contributed by atoms with Crippen LogP contribution in [0.25, 0.3) is 0 Å². The van der Waals surface area contributed by atoms with Crippen LogP contribution in [-0.2, 0) is 16.6 Å². The number of aryl methyl sites for hydroxylation is 1. The first kappa shape index (κ1) is 15.6. The Labute approximate surface area is 131 Å². The summed E-state index contributed by atoms with van der Waals surface area (Å²) in [6.07, 6.45) is 0. The van der Waals surface area contributed by atoms with Crippen LogP contribution in [-0.4, -0.2) is 8.42 Å². The van der Waals surface area contributed by atoms with Crippen LogP contribution in [0.15, 0.2) is 28.5 Å². The normalized spacial score (nSPS) is 11.6. The standard InChI is InChI=1S/C12H12Cl2N2O2S2/c1-7-2-12(19-11(7)6-15)20(17,18)16-10-4-8(13)3-9(14)5-10/h2-5,16H,6,15H2,1H3. The molecule has 0 atom stereocenters. The Kier molecular flexibility index (Phi) is 4.61. The number of nitrogens with two attached hydrogens (primary N) is 1. The molecule has 0 spiro atoms. The van der Waals surface area contributed by atoms with E-state index in [9.17, 15) is 8.42 Å². The van der Waals surface area contributed by atoms with Gasteiger partial charge in [-0.15, -0.1) is 11.3 Å². The second-order valence-electron chi connectivity index (χ2n) is 4.14. The summed E-state index contributed by atoms with van der Waals surface area (Å²) in [4.78, 5) is 0.842. The minimum atomic E-state index is -3.66. The first-order chi connectivity index (χ1) is 9.31. The van der Waals surface area contributed by atoms with E-state index in [1.165, 1.54) is 18.2 Å². The quantitative estimate of drug-likeness (QED) is 0.884. The number of sulfonamides is 1. The summed E-state index contributed by atoms with van der Waals surface area (Å²) < 4.78 is 27.2. The Hall–Kier alpha value is -0.790. The average Bonchev–Trinajstić information content (AvgIpc) is 2.69. The minimum absolute atomic E-state index is 0.214. The van der Waals surface area contributed by atoms with E-state index < -0.39 is 10.0 Å². The molecular weight excluding hydrogens is 339 g/mol. The molecule has 0 aliphatic rings. The van der Waals surface area contributed by atoms with Crippen molar-refractivity contribution < 1.29 is 8.42 Å². The summed E-state index contributed by atoms with van der Waals surface area (Å²) >= 11 is 12.8. The van der Waals surface area contributed by atoms with Crippen molar-refractivity contribution in [2.75, 3.05) is 4.72 Å². The van der Waals surface area contributed by atoms with E-state index >= 15 is 0 Å². The second-order valence-corrected chi connectivity index (χ2v) is 8.06. The van der Waals surface area contributed by atoms with Crippen molar-refractivity contribution in [3.8, 4) is 0 Å². The highest BCUT2D eigenvalue weighted by Gasteiger charge is 2.19. The smallest absolute Gasteiger partial charge is 0.271 e. The zero-order valence-electron chi connectivity index (χ0n) is 10.5. The monoisotopic (exact) mass is 350 g/mol. The van der Waals surface area contributed by atoms with Crippen molar-refractivity contribution in [3.05, 3.63) is 44.8 Å². The molecule has 0 fully saturated rings. The van der Waals surface area contributed by atoms with E-state index in [1.807, 2.05) is 6.92 Å². The van der Waals surface area contributed by atoms with Crippen LogP contribution in [0.2, 0.25) is 10.0 Å². The van der Waals surface area contributed by atoms with Crippen LogP contribution >= 0.6 is 34.5 Å². The average molecular weight is 351 g/mol. The van der Waals surface area contributed by atoms with Gasteiger partial charge in [0, 0.05) is 21.5 Å². The zero-order chi connectivity index (χ0) is 14.9. The number of anilines is 1. The topological polar surface area (TPSA) is 72.2 Å². The fourth-order valence-electron chi connectivity index (χ4n) is 1.64. The van der Waals surface area contributed by atoms with E-state index in [0.717, 1.165) is 21.8 Å². The fraction of sp³-hybridized carbons (Fsp3) is 0.167. The predicted octanol–water partition coefficient (Wildman–Crippen LogP) is 3.62. The van der Waals surface area contributed by atoms with Crippen LogP contribution in [0, 0.1) is 6.92 Å². The molecule has 3 N–H and O–H groups in total. The molecule has 0 aliphatic carbocycles. The molecule has 0 amide bonds. The van der Waals surface area contributed by atoms with Crippen LogP contribution in [0.3, 0.4) is 0 Å². The van der Waals surface area contributed by atoms with Gasteiger partial charge < -0.3 is 5.73 Å². The van der Waals surface area contributed by atoms with Gasteiger partial charge in [0.05, 0.1) is 5.69 Å². The first-order valence-electron chi connectivity index (χ1n) is 5.60. The maximum absolute atomic E-state index is 12.3. The Balaban J connectivity index is 2.35. The summed E-state index contributed by atoms with van der Waals surface area (Å²) in [5.41, 5.74) is 6.74. The van der Waals surface area contributed by atoms with Crippen molar-refractivity contribution in [1.82, 2.24) is 0 Å². The fourth-order valence-corrected chi connectivity index (χ4v) is 4.68. The van der Waals surface area contributed by atoms with E-state index in [4.69, 9.17) is 28.9 Å². The van der Waals surface area contributed by atoms with Gasteiger partial charge in [-0.25, -0.2) is 8.42 Å². The lowest BCUT2D eigenvalue weighted by atomic mass is 10.3. The third-order valence-corrected chi connectivity index (χ3v) is 6.11. The highest BCUT2D eigenvalue weighted by atomic mass is 35.5. The Bertz CT molecular complexity index is 722. The van der Waals surface area contributed by atoms with Gasteiger partial charge in [0.25, 0.3) is 10.0 Å². The Morgan fingerprint density at radius 1 is 1.20 bits per heavy atom. The molecule has 20 heavy (non-hydrogen) atoms. The molecule has 8 heteroatoms. The number of hydrogen-bond donors (Lipinski definition) is 2. The van der Waals surface area contributed by atoms with Crippen molar-refractivity contribution >= 4 is 50.2 Å². The minimum Gasteiger partial charge on any atom is -0.326 e. The van der Waals surface area contributed by atoms with Gasteiger partial charge in [0.15, 0.2) is 0 Å². The van der Waals surface area contributed by atoms with E-state index in [2.05, 4.69) is 4.72 Å². The van der Waals surface area contributed by atoms with E-state index in [-0.39, 0.29) is 4.21 Å². The first-order valence-corrected chi connectivity index (χ1v) is 8.65. The molecule has 2 aromatic rings. The summed E-state index contributed by atoms with van der Waals surface area (Å²) in [5.74, 6) is 0. The predicted molar refractivity (Wildman–Crippen MR) is 84.2 cm³/mol. The number of thiophene rings is 1. The van der Waals surface area contributed by atoms with Gasteiger partial charge in [-0.1, -0.05) is 23.2 Å². The number of nitrogens with one attached hydrogen (secondary N) is 1. The maximum Gasteiger partial charge on any atom is 0.271 e. The van der Waals surface area contributed by atoms with Gasteiger partial charge >= 0.3 is 0 Å². The van der Waals surface area contributed by atoms with Crippen molar-refractivity contribution in [2.24, 2.45) is 5.73 Å². The number of rotatable bonds is 4. The molecule has 1 aromatic heterocycles. The number of benzene rings is 1. The van der Waals surface area contributed by atoms with Crippen LogP contribution in [0.1, 0.15) is 10.4 Å². The zero-order valence-corrected chi connectivity index (χ0v) is 13.6. The lowest BCUT2D eigenvalue weighted by Crippen LogP contribution is -2.11. The second kappa shape index (κ2) is 5.91. The van der Waals surface area contributed by atoms with Gasteiger partial charge in [0.1, 0.15) is 4.21 Å². The van der Waals surface area contributed by atoms with Gasteiger partial charge in [0.2, 0.25) is 0 Å². The van der Waals surface area contributed by atoms with Gasteiger partial charge in [-0.05, 0) is 36.8 Å². The van der Waals surface area contributed by atoms with Crippen molar-refractivity contribution in [2.45, 2.75) is 17.7 Å². The molecule has 0 unspecified atom stereocenters. The van der Waals surface area contributed by atoms with Crippen LogP contribution in [0.5, 0.6) is 0 Å². The lowest BCUT2D eigenvalue weighted by molar-refractivity contribution is 0.603. The molecule has 0 saturated heterocycles. The van der Waals surface area contributed by atoms with Crippen LogP contribution in [0.4, 0.5) is 5.69 Å². The lowest BCUT2D eigenvalue weighted by Gasteiger charge is -2.07. The van der Waals surface area contributed by atoms with Crippen LogP contribution < -0.4 is 10.5 Å². The summed E-state index contributed by atoms with van der Waals surface area (Å²) in [7, 11) is -3.66. The molecule has 1 heterocycles. The highest BCUT2D eigenvalue weighted by Crippen LogP contribution is 2.29. The summed E-state index contributed by atoms with van der Waals surface area (Å²) in [6, 6.07) is 6.12. The van der Waals surface area contributed by atoms with Crippen molar-refractivity contribution in [3.63, 3.8) is 0 Å². The molecular formula is C12H12Cl2N2O2S2. The molecule has 1 aromatic carbocycles. The summed E-state index contributed by atoms with van der Waals surface area (Å²) in [5, 5.41) is 0.723. The number of halogens is 2. The molecule has 108 valence electrons. The molecule has 4 nitrogen and oxygen atoms in total. The number of hydrogen-bond acceptors (Lipinski definition) is 4. The SMILES string of the molecule is Cc1cc(S(=O)(=O)Nc2cc(Cl)cc(Cl)c2)sc1CN. The van der Waals surface area contributed by atoms with E-state index in [1.54, 1.807) is 6.07 Å². The third kappa shape index (κ3) is 3.45. The summed E-state index contributed by atoms with van der Waals surface area (Å²) in [6.45, 7) is 2.14. The van der Waals surface area contributed by atoms with Gasteiger partial charge in [-0.3, -0.25) is 4.72 Å². The van der Waals surface area contributed by atoms with E-state index in [0.29, 0.717) is 22.3 Å². The molecule has 0 bridgehead atoms. The molecule has 0 aliphatic heterocycles. The molecule has 0 radical (unpaired) electrons. The Morgan fingerprint density at radius 3 is 2.30 bits per heavy atom. The third-order valence-electron chi connectivity index (χ3n) is 2.56. The van der Waals surface area contributed by atoms with Gasteiger partial charge in [-0.2, -0.15) is 0 Å². The maximum atomic E-state index is 12.3. The largest absolute Gasteiger partial charge is 0.326 e. The molecule has 2 rings (SSSR count). The highest BCUT2D eigenvalue weighted by molar-refractivity contribution is 7.94.